The number of hydrogen-bond donors (Lipinski definition) is 2. The van der Waals surface area contributed by atoms with Crippen molar-refractivity contribution in [1.82, 2.24) is 5.32 Å². The highest BCUT2D eigenvalue weighted by Crippen LogP contribution is 2.27. The van der Waals surface area contributed by atoms with Gasteiger partial charge < -0.3 is 11.1 Å². The van der Waals surface area contributed by atoms with E-state index in [9.17, 15) is 4.79 Å². The summed E-state index contributed by atoms with van der Waals surface area (Å²) in [5, 5.41) is 2.90. The molecule has 0 radical (unpaired) electrons. The molecule has 0 bridgehead atoms. The van der Waals surface area contributed by atoms with Gasteiger partial charge in [-0.3, -0.25) is 4.79 Å². The minimum atomic E-state index is -0.464. The maximum Gasteiger partial charge on any atom is 0.236 e. The van der Waals surface area contributed by atoms with Gasteiger partial charge in [-0.05, 0) is 23.5 Å². The van der Waals surface area contributed by atoms with E-state index in [0.29, 0.717) is 6.54 Å². The molecule has 0 aliphatic heterocycles. The number of carbonyl (C=O) groups excluding carboxylic acids is 1. The fourth-order valence-electron chi connectivity index (χ4n) is 1.99. The molecule has 1 rings (SSSR count). The van der Waals surface area contributed by atoms with E-state index in [1.165, 1.54) is 11.1 Å². The number of amides is 1. The molecule has 0 aliphatic carbocycles. The lowest BCUT2D eigenvalue weighted by atomic mass is 9.81. The summed E-state index contributed by atoms with van der Waals surface area (Å²) in [5.74, 6) is -0.107. The summed E-state index contributed by atoms with van der Waals surface area (Å²) in [6.45, 7) is 13.1. The first kappa shape index (κ1) is 19.9. The summed E-state index contributed by atoms with van der Waals surface area (Å²) in [4.78, 5) is 11.6. The van der Waals surface area contributed by atoms with Crippen molar-refractivity contribution in [2.24, 2.45) is 5.73 Å². The van der Waals surface area contributed by atoms with Crippen LogP contribution in [0.3, 0.4) is 0 Å². The van der Waals surface area contributed by atoms with Crippen LogP contribution in [0.15, 0.2) is 24.3 Å². The molecule has 0 aromatic heterocycles. The van der Waals surface area contributed by atoms with Crippen LogP contribution in [0.1, 0.15) is 52.7 Å². The van der Waals surface area contributed by atoms with Crippen molar-refractivity contribution >= 4 is 18.3 Å². The molecule has 0 heterocycles. The second kappa shape index (κ2) is 7.28. The summed E-state index contributed by atoms with van der Waals surface area (Å²) in [6.07, 6.45) is 0. The van der Waals surface area contributed by atoms with Gasteiger partial charge in [0.05, 0.1) is 6.04 Å². The summed E-state index contributed by atoms with van der Waals surface area (Å²) in [6, 6.07) is 8.18. The van der Waals surface area contributed by atoms with Crippen molar-refractivity contribution in [2.45, 2.75) is 58.4 Å². The highest BCUT2D eigenvalue weighted by atomic mass is 35.5. The number of nitrogens with one attached hydrogen (secondary N) is 1. The van der Waals surface area contributed by atoms with Gasteiger partial charge >= 0.3 is 0 Å². The molecule has 0 saturated carbocycles. The minimum Gasteiger partial charge on any atom is -0.354 e. The summed E-state index contributed by atoms with van der Waals surface area (Å²) in [5.41, 5.74) is 8.14. The normalized spacial score (nSPS) is 13.3. The lowest BCUT2D eigenvalue weighted by Crippen LogP contribution is -2.43. The first-order chi connectivity index (χ1) is 9.04. The van der Waals surface area contributed by atoms with Crippen LogP contribution in [0.4, 0.5) is 0 Å². The molecule has 1 aromatic carbocycles. The van der Waals surface area contributed by atoms with Crippen molar-refractivity contribution in [3.05, 3.63) is 35.4 Å². The predicted octanol–water partition coefficient (Wildman–Crippen LogP) is 3.15. The molecule has 21 heavy (non-hydrogen) atoms. The Morgan fingerprint density at radius 3 is 1.90 bits per heavy atom. The third-order valence-corrected chi connectivity index (χ3v) is 3.65. The molecular weight excluding hydrogens is 284 g/mol. The van der Waals surface area contributed by atoms with Gasteiger partial charge in [0.2, 0.25) is 5.91 Å². The summed E-state index contributed by atoms with van der Waals surface area (Å²) >= 11 is 0. The Bertz CT molecular complexity index is 459. The zero-order valence-electron chi connectivity index (χ0n) is 14.0. The number of carbonyl (C=O) groups is 1. The molecule has 0 aliphatic rings. The zero-order chi connectivity index (χ0) is 15.6. The largest absolute Gasteiger partial charge is 0.354 e. The second-order valence-corrected chi connectivity index (χ2v) is 7.22. The maximum absolute atomic E-state index is 11.6. The third kappa shape index (κ3) is 5.68. The quantitative estimate of drug-likeness (QED) is 0.897. The lowest BCUT2D eigenvalue weighted by Gasteiger charge is -2.27. The Kier molecular flexibility index (Phi) is 6.91. The van der Waals surface area contributed by atoms with Crippen LogP contribution in [0, 0.1) is 0 Å². The minimum absolute atomic E-state index is 0. The van der Waals surface area contributed by atoms with Gasteiger partial charge in [0.1, 0.15) is 0 Å². The van der Waals surface area contributed by atoms with Crippen LogP contribution in [-0.4, -0.2) is 18.5 Å². The number of hydrogen-bond acceptors (Lipinski definition) is 2. The van der Waals surface area contributed by atoms with Gasteiger partial charge in [0.25, 0.3) is 0 Å². The first-order valence-corrected chi connectivity index (χ1v) is 7.18. The van der Waals surface area contributed by atoms with Gasteiger partial charge in [-0.1, -0.05) is 58.9 Å². The van der Waals surface area contributed by atoms with Gasteiger partial charge in [0, 0.05) is 12.0 Å². The van der Waals surface area contributed by atoms with Crippen LogP contribution in [0.5, 0.6) is 0 Å². The van der Waals surface area contributed by atoms with Crippen molar-refractivity contribution in [3.63, 3.8) is 0 Å². The van der Waals surface area contributed by atoms with Gasteiger partial charge in [-0.25, -0.2) is 0 Å². The van der Waals surface area contributed by atoms with Crippen molar-refractivity contribution in [3.8, 4) is 0 Å². The molecule has 4 heteroatoms. The van der Waals surface area contributed by atoms with E-state index in [1.54, 1.807) is 6.92 Å². The highest BCUT2D eigenvalue weighted by molar-refractivity contribution is 5.85. The van der Waals surface area contributed by atoms with E-state index in [1.807, 2.05) is 0 Å². The topological polar surface area (TPSA) is 55.1 Å². The monoisotopic (exact) mass is 312 g/mol. The number of nitrogens with two attached hydrogens (primary N) is 1. The standard InChI is InChI=1S/C17H28N2O.ClH/c1-12(18)15(20)19-11-17(5,6)14-9-7-13(8-10-14)16(2,3)4;/h7-10,12H,11,18H2,1-6H3,(H,19,20);1H. The van der Waals surface area contributed by atoms with E-state index in [0.717, 1.165) is 0 Å². The molecule has 0 spiro atoms. The van der Waals surface area contributed by atoms with E-state index in [2.05, 4.69) is 64.2 Å². The number of rotatable bonds is 4. The smallest absolute Gasteiger partial charge is 0.236 e. The Balaban J connectivity index is 0.00000400. The van der Waals surface area contributed by atoms with E-state index < -0.39 is 6.04 Å². The van der Waals surface area contributed by atoms with E-state index in [4.69, 9.17) is 5.73 Å². The molecule has 0 fully saturated rings. The van der Waals surface area contributed by atoms with E-state index in [-0.39, 0.29) is 29.1 Å². The van der Waals surface area contributed by atoms with E-state index >= 15 is 0 Å². The van der Waals surface area contributed by atoms with Gasteiger partial charge in [0.15, 0.2) is 0 Å². The van der Waals surface area contributed by atoms with Crippen LogP contribution in [0.2, 0.25) is 0 Å². The molecule has 1 amide bonds. The third-order valence-electron chi connectivity index (χ3n) is 3.65. The first-order valence-electron chi connectivity index (χ1n) is 7.18. The lowest BCUT2D eigenvalue weighted by molar-refractivity contribution is -0.122. The van der Waals surface area contributed by atoms with Gasteiger partial charge in [-0.15, -0.1) is 12.4 Å². The molecular formula is C17H29ClN2O. The highest BCUT2D eigenvalue weighted by Gasteiger charge is 2.23. The summed E-state index contributed by atoms with van der Waals surface area (Å²) < 4.78 is 0. The molecule has 3 N–H and O–H groups in total. The molecule has 3 nitrogen and oxygen atoms in total. The molecule has 1 unspecified atom stereocenters. The fraction of sp³-hybridized carbons (Fsp3) is 0.588. The number of halogens is 1. The van der Waals surface area contributed by atoms with Crippen molar-refractivity contribution in [2.75, 3.05) is 6.54 Å². The Labute approximate surface area is 135 Å². The Morgan fingerprint density at radius 1 is 1.10 bits per heavy atom. The molecule has 120 valence electrons. The zero-order valence-corrected chi connectivity index (χ0v) is 14.8. The molecule has 1 atom stereocenters. The SMILES string of the molecule is CC(N)C(=O)NCC(C)(C)c1ccc(C(C)(C)C)cc1.Cl. The summed E-state index contributed by atoms with van der Waals surface area (Å²) in [7, 11) is 0. The van der Waals surface area contributed by atoms with Crippen molar-refractivity contribution in [1.29, 1.82) is 0 Å². The predicted molar refractivity (Wildman–Crippen MR) is 92.1 cm³/mol. The Hall–Kier alpha value is -1.06. The van der Waals surface area contributed by atoms with Crippen LogP contribution >= 0.6 is 12.4 Å². The fourth-order valence-corrected chi connectivity index (χ4v) is 1.99. The van der Waals surface area contributed by atoms with Crippen LogP contribution in [-0.2, 0) is 15.6 Å². The maximum atomic E-state index is 11.6. The van der Waals surface area contributed by atoms with Gasteiger partial charge in [-0.2, -0.15) is 0 Å². The average Bonchev–Trinajstić information content (AvgIpc) is 2.35. The molecule has 0 saturated heterocycles. The van der Waals surface area contributed by atoms with Crippen LogP contribution in [0.25, 0.3) is 0 Å². The van der Waals surface area contributed by atoms with Crippen LogP contribution < -0.4 is 11.1 Å². The average molecular weight is 313 g/mol. The number of benzene rings is 1. The second-order valence-electron chi connectivity index (χ2n) is 7.22. The van der Waals surface area contributed by atoms with Crippen molar-refractivity contribution < 1.29 is 4.79 Å². The molecule has 1 aromatic rings. The Morgan fingerprint density at radius 2 is 1.52 bits per heavy atom.